The quantitative estimate of drug-likeness (QED) is 0.849. The van der Waals surface area contributed by atoms with Gasteiger partial charge in [-0.2, -0.15) is 0 Å². The molecule has 2 rings (SSSR count). The van der Waals surface area contributed by atoms with Crippen molar-refractivity contribution in [2.24, 2.45) is 5.92 Å². The predicted molar refractivity (Wildman–Crippen MR) is 60.1 cm³/mol. The minimum Gasteiger partial charge on any atom is -0.481 e. The van der Waals surface area contributed by atoms with E-state index < -0.39 is 11.9 Å². The molecule has 1 aromatic rings. The first-order chi connectivity index (χ1) is 8.09. The lowest BCUT2D eigenvalue weighted by molar-refractivity contribution is -0.141. The summed E-state index contributed by atoms with van der Waals surface area (Å²) in [6.07, 6.45) is 3.44. The summed E-state index contributed by atoms with van der Waals surface area (Å²) in [5.74, 6) is -1.57. The third-order valence-corrected chi connectivity index (χ3v) is 3.16. The van der Waals surface area contributed by atoms with E-state index in [1.165, 1.54) is 0 Å². The standard InChI is InChI=1S/C12H14N2O3/c1-8(9-2-4-13-5-3-9)14-7-10(12(16)17)6-11(14)15/h2-5,8,10H,6-7H2,1H3,(H,16,17)/t8-,10+/m1/s1. The average Bonchev–Trinajstić information content (AvgIpc) is 2.72. The number of carboxylic acid groups (broad SMARTS) is 1. The monoisotopic (exact) mass is 234 g/mol. The zero-order valence-corrected chi connectivity index (χ0v) is 9.54. The van der Waals surface area contributed by atoms with Gasteiger partial charge in [-0.3, -0.25) is 14.6 Å². The van der Waals surface area contributed by atoms with Crippen molar-refractivity contribution in [1.82, 2.24) is 9.88 Å². The molecule has 0 aliphatic carbocycles. The lowest BCUT2D eigenvalue weighted by Crippen LogP contribution is -2.29. The van der Waals surface area contributed by atoms with Gasteiger partial charge in [-0.1, -0.05) is 0 Å². The summed E-state index contributed by atoms with van der Waals surface area (Å²) in [5, 5.41) is 8.91. The highest BCUT2D eigenvalue weighted by Gasteiger charge is 2.36. The summed E-state index contributed by atoms with van der Waals surface area (Å²) in [4.78, 5) is 28.2. The van der Waals surface area contributed by atoms with Crippen molar-refractivity contribution in [3.63, 3.8) is 0 Å². The van der Waals surface area contributed by atoms with E-state index in [1.54, 1.807) is 17.3 Å². The van der Waals surface area contributed by atoms with Gasteiger partial charge in [-0.05, 0) is 24.6 Å². The second kappa shape index (κ2) is 4.53. The van der Waals surface area contributed by atoms with Crippen molar-refractivity contribution in [2.75, 3.05) is 6.54 Å². The van der Waals surface area contributed by atoms with Crippen LogP contribution in [-0.4, -0.2) is 33.4 Å². The number of likely N-dealkylation sites (tertiary alicyclic amines) is 1. The maximum atomic E-state index is 11.8. The van der Waals surface area contributed by atoms with E-state index in [9.17, 15) is 9.59 Å². The molecule has 1 saturated heterocycles. The molecule has 1 aliphatic rings. The first kappa shape index (κ1) is 11.6. The van der Waals surface area contributed by atoms with Gasteiger partial charge in [0.1, 0.15) is 0 Å². The van der Waals surface area contributed by atoms with E-state index in [4.69, 9.17) is 5.11 Å². The van der Waals surface area contributed by atoms with Crippen molar-refractivity contribution in [3.8, 4) is 0 Å². The number of carboxylic acids is 1. The normalized spacial score (nSPS) is 21.6. The summed E-state index contributed by atoms with van der Waals surface area (Å²) in [6.45, 7) is 2.19. The first-order valence-corrected chi connectivity index (χ1v) is 5.52. The summed E-state index contributed by atoms with van der Waals surface area (Å²) < 4.78 is 0. The first-order valence-electron chi connectivity index (χ1n) is 5.52. The Balaban J connectivity index is 2.14. The molecule has 1 aromatic heterocycles. The van der Waals surface area contributed by atoms with E-state index in [2.05, 4.69) is 4.98 Å². The minimum absolute atomic E-state index is 0.0956. The van der Waals surface area contributed by atoms with Crippen LogP contribution in [0.5, 0.6) is 0 Å². The maximum absolute atomic E-state index is 11.8. The molecule has 90 valence electrons. The Labute approximate surface area is 99.1 Å². The number of pyridine rings is 1. The van der Waals surface area contributed by atoms with E-state index in [1.807, 2.05) is 19.1 Å². The van der Waals surface area contributed by atoms with E-state index in [0.717, 1.165) is 5.56 Å². The predicted octanol–water partition coefficient (Wildman–Crippen LogP) is 1.08. The Morgan fingerprint density at radius 3 is 2.71 bits per heavy atom. The number of carbonyl (C=O) groups excluding carboxylic acids is 1. The van der Waals surface area contributed by atoms with Crippen LogP contribution in [0.4, 0.5) is 0 Å². The molecule has 0 bridgehead atoms. The topological polar surface area (TPSA) is 70.5 Å². The molecule has 1 aliphatic heterocycles. The maximum Gasteiger partial charge on any atom is 0.308 e. The summed E-state index contributed by atoms with van der Waals surface area (Å²) >= 11 is 0. The highest BCUT2D eigenvalue weighted by Crippen LogP contribution is 2.28. The molecular weight excluding hydrogens is 220 g/mol. The van der Waals surface area contributed by atoms with Gasteiger partial charge >= 0.3 is 5.97 Å². The zero-order valence-electron chi connectivity index (χ0n) is 9.54. The molecule has 0 unspecified atom stereocenters. The van der Waals surface area contributed by atoms with Gasteiger partial charge in [0.25, 0.3) is 0 Å². The molecule has 0 radical (unpaired) electrons. The highest BCUT2D eigenvalue weighted by atomic mass is 16.4. The molecule has 1 fully saturated rings. The van der Waals surface area contributed by atoms with E-state index >= 15 is 0 Å². The fourth-order valence-electron chi connectivity index (χ4n) is 2.09. The molecule has 1 amide bonds. The fourth-order valence-corrected chi connectivity index (χ4v) is 2.09. The molecule has 17 heavy (non-hydrogen) atoms. The third-order valence-electron chi connectivity index (χ3n) is 3.16. The van der Waals surface area contributed by atoms with Gasteiger partial charge in [-0.15, -0.1) is 0 Å². The van der Waals surface area contributed by atoms with Gasteiger partial charge in [0.2, 0.25) is 5.91 Å². The van der Waals surface area contributed by atoms with Crippen LogP contribution < -0.4 is 0 Å². The lowest BCUT2D eigenvalue weighted by Gasteiger charge is -2.24. The van der Waals surface area contributed by atoms with Crippen LogP contribution >= 0.6 is 0 Å². The van der Waals surface area contributed by atoms with Crippen molar-refractivity contribution >= 4 is 11.9 Å². The molecular formula is C12H14N2O3. The molecule has 0 saturated carbocycles. The number of aliphatic carboxylic acids is 1. The Morgan fingerprint density at radius 1 is 1.53 bits per heavy atom. The second-order valence-electron chi connectivity index (χ2n) is 4.24. The Bertz CT molecular complexity index is 433. The van der Waals surface area contributed by atoms with E-state index in [0.29, 0.717) is 0 Å². The van der Waals surface area contributed by atoms with Crippen LogP contribution in [-0.2, 0) is 9.59 Å². The summed E-state index contributed by atoms with van der Waals surface area (Å²) in [6, 6.07) is 3.58. The average molecular weight is 234 g/mol. The van der Waals surface area contributed by atoms with Gasteiger partial charge in [0.05, 0.1) is 12.0 Å². The number of amides is 1. The molecule has 5 heteroatoms. The number of aromatic nitrogens is 1. The molecule has 2 atom stereocenters. The number of hydrogen-bond donors (Lipinski definition) is 1. The number of hydrogen-bond acceptors (Lipinski definition) is 3. The smallest absolute Gasteiger partial charge is 0.308 e. The van der Waals surface area contributed by atoms with Gasteiger partial charge < -0.3 is 10.0 Å². The van der Waals surface area contributed by atoms with Gasteiger partial charge in [0, 0.05) is 25.4 Å². The van der Waals surface area contributed by atoms with Gasteiger partial charge in [-0.25, -0.2) is 0 Å². The number of rotatable bonds is 3. The summed E-state index contributed by atoms with van der Waals surface area (Å²) in [5.41, 5.74) is 0.972. The molecule has 2 heterocycles. The molecule has 5 nitrogen and oxygen atoms in total. The van der Waals surface area contributed by atoms with Crippen LogP contribution in [0.2, 0.25) is 0 Å². The van der Waals surface area contributed by atoms with Crippen LogP contribution in [0, 0.1) is 5.92 Å². The minimum atomic E-state index is -0.900. The fraction of sp³-hybridized carbons (Fsp3) is 0.417. The summed E-state index contributed by atoms with van der Waals surface area (Å²) in [7, 11) is 0. The molecule has 0 aromatic carbocycles. The second-order valence-corrected chi connectivity index (χ2v) is 4.24. The van der Waals surface area contributed by atoms with Crippen LogP contribution in [0.3, 0.4) is 0 Å². The molecule has 1 N–H and O–H groups in total. The Kier molecular flexibility index (Phi) is 3.08. The van der Waals surface area contributed by atoms with Crippen molar-refractivity contribution in [1.29, 1.82) is 0 Å². The van der Waals surface area contributed by atoms with Crippen LogP contribution in [0.15, 0.2) is 24.5 Å². The SMILES string of the molecule is C[C@H](c1ccncc1)N1C[C@@H](C(=O)O)CC1=O. The zero-order chi connectivity index (χ0) is 12.4. The van der Waals surface area contributed by atoms with Crippen molar-refractivity contribution in [3.05, 3.63) is 30.1 Å². The van der Waals surface area contributed by atoms with E-state index in [-0.39, 0.29) is 24.9 Å². The molecule has 0 spiro atoms. The Morgan fingerprint density at radius 2 is 2.18 bits per heavy atom. The lowest BCUT2D eigenvalue weighted by atomic mass is 10.1. The number of nitrogens with zero attached hydrogens (tertiary/aromatic N) is 2. The third kappa shape index (κ3) is 2.27. The van der Waals surface area contributed by atoms with Crippen molar-refractivity contribution in [2.45, 2.75) is 19.4 Å². The Hall–Kier alpha value is -1.91. The largest absolute Gasteiger partial charge is 0.481 e. The number of carbonyl (C=O) groups is 2. The van der Waals surface area contributed by atoms with Crippen LogP contribution in [0.1, 0.15) is 24.9 Å². The highest BCUT2D eigenvalue weighted by molar-refractivity contribution is 5.86. The van der Waals surface area contributed by atoms with Crippen molar-refractivity contribution < 1.29 is 14.7 Å². The van der Waals surface area contributed by atoms with Crippen LogP contribution in [0.25, 0.3) is 0 Å². The van der Waals surface area contributed by atoms with Gasteiger partial charge in [0.15, 0.2) is 0 Å².